The minimum absolute atomic E-state index is 0.0310. The number of hydrogen-bond donors (Lipinski definition) is 1. The van der Waals surface area contributed by atoms with E-state index in [2.05, 4.69) is 5.32 Å². The van der Waals surface area contributed by atoms with Crippen molar-refractivity contribution < 1.29 is 17.6 Å². The lowest BCUT2D eigenvalue weighted by Gasteiger charge is -2.23. The van der Waals surface area contributed by atoms with Crippen LogP contribution in [0.2, 0.25) is 5.02 Å². The third-order valence-electron chi connectivity index (χ3n) is 3.47. The first-order valence-corrected chi connectivity index (χ1v) is 9.22. The molecule has 0 aromatic heterocycles. The van der Waals surface area contributed by atoms with Crippen molar-refractivity contribution in [2.24, 2.45) is 0 Å². The van der Waals surface area contributed by atoms with Crippen LogP contribution >= 0.6 is 22.3 Å². The van der Waals surface area contributed by atoms with Crippen molar-refractivity contribution in [3.8, 4) is 0 Å². The zero-order valence-corrected chi connectivity index (χ0v) is 13.4. The van der Waals surface area contributed by atoms with Crippen LogP contribution in [0.4, 0.5) is 4.39 Å². The summed E-state index contributed by atoms with van der Waals surface area (Å²) >= 11 is 5.83. The molecule has 0 unspecified atom stereocenters. The molecule has 21 heavy (non-hydrogen) atoms. The van der Waals surface area contributed by atoms with Crippen molar-refractivity contribution >= 4 is 37.2 Å². The zero-order chi connectivity index (χ0) is 15.6. The van der Waals surface area contributed by atoms with Crippen LogP contribution in [0.5, 0.6) is 0 Å². The molecule has 0 bridgehead atoms. The number of halogens is 3. The number of amides is 1. The summed E-state index contributed by atoms with van der Waals surface area (Å²) in [7, 11) is 0.861. The van der Waals surface area contributed by atoms with E-state index in [0.29, 0.717) is 0 Å². The largest absolute Gasteiger partial charge is 0.349 e. The van der Waals surface area contributed by atoms with Crippen LogP contribution in [0.15, 0.2) is 17.0 Å². The van der Waals surface area contributed by atoms with Crippen molar-refractivity contribution in [3.63, 3.8) is 0 Å². The fourth-order valence-electron chi connectivity index (χ4n) is 2.40. The van der Waals surface area contributed by atoms with Crippen molar-refractivity contribution in [3.05, 3.63) is 28.5 Å². The molecule has 1 aromatic rings. The minimum atomic E-state index is -4.28. The first kappa shape index (κ1) is 16.5. The average molecular weight is 354 g/mol. The Balaban J connectivity index is 2.28. The summed E-state index contributed by atoms with van der Waals surface area (Å²) in [6.45, 7) is 0. The molecule has 0 radical (unpaired) electrons. The van der Waals surface area contributed by atoms with Crippen molar-refractivity contribution in [1.82, 2.24) is 5.32 Å². The minimum Gasteiger partial charge on any atom is -0.349 e. The molecule has 1 aliphatic carbocycles. The Morgan fingerprint density at radius 2 is 1.86 bits per heavy atom. The quantitative estimate of drug-likeness (QED) is 0.846. The lowest BCUT2D eigenvalue weighted by atomic mass is 9.95. The second-order valence-electron chi connectivity index (χ2n) is 5.01. The fraction of sp³-hybridized carbons (Fsp3) is 0.462. The van der Waals surface area contributed by atoms with E-state index in [1.807, 2.05) is 0 Å². The predicted molar refractivity (Wildman–Crippen MR) is 78.8 cm³/mol. The Kier molecular flexibility index (Phi) is 5.11. The van der Waals surface area contributed by atoms with Gasteiger partial charge in [-0.15, -0.1) is 0 Å². The van der Waals surface area contributed by atoms with Gasteiger partial charge in [0.2, 0.25) is 0 Å². The topological polar surface area (TPSA) is 63.2 Å². The molecular formula is C13H14Cl2FNO3S. The van der Waals surface area contributed by atoms with Gasteiger partial charge in [-0.1, -0.05) is 30.9 Å². The molecule has 0 saturated heterocycles. The third-order valence-corrected chi connectivity index (χ3v) is 5.12. The highest BCUT2D eigenvalue weighted by atomic mass is 35.7. The SMILES string of the molecule is O=C(NC1CCCCC1)c1cc(S(=O)(=O)Cl)c(F)cc1Cl. The van der Waals surface area contributed by atoms with Gasteiger partial charge in [-0.3, -0.25) is 4.79 Å². The molecule has 0 atom stereocenters. The molecule has 0 aliphatic heterocycles. The number of carbonyl (C=O) groups excluding carboxylic acids is 1. The molecular weight excluding hydrogens is 340 g/mol. The number of hydrogen-bond acceptors (Lipinski definition) is 3. The Morgan fingerprint density at radius 1 is 1.24 bits per heavy atom. The number of rotatable bonds is 3. The van der Waals surface area contributed by atoms with E-state index >= 15 is 0 Å². The number of carbonyl (C=O) groups is 1. The zero-order valence-electron chi connectivity index (χ0n) is 11.0. The standard InChI is InChI=1S/C13H14Cl2FNO3S/c14-10-7-11(16)12(21(15,19)20)6-9(10)13(18)17-8-4-2-1-3-5-8/h6-8H,1-5H2,(H,17,18). The first-order chi connectivity index (χ1) is 9.79. The molecule has 1 aromatic carbocycles. The number of nitrogens with one attached hydrogen (secondary N) is 1. The third kappa shape index (κ3) is 4.08. The Bertz CT molecular complexity index is 658. The van der Waals surface area contributed by atoms with E-state index < -0.39 is 25.7 Å². The van der Waals surface area contributed by atoms with Crippen LogP contribution in [-0.4, -0.2) is 20.4 Å². The lowest BCUT2D eigenvalue weighted by molar-refractivity contribution is 0.0927. The van der Waals surface area contributed by atoms with Gasteiger partial charge in [0.15, 0.2) is 0 Å². The van der Waals surface area contributed by atoms with Crippen LogP contribution in [0.25, 0.3) is 0 Å². The predicted octanol–water partition coefficient (Wildman–Crippen LogP) is 3.47. The monoisotopic (exact) mass is 353 g/mol. The smallest absolute Gasteiger partial charge is 0.264 e. The molecule has 1 fully saturated rings. The maximum atomic E-state index is 13.6. The van der Waals surface area contributed by atoms with Gasteiger partial charge in [0.25, 0.3) is 15.0 Å². The molecule has 2 rings (SSSR count). The van der Waals surface area contributed by atoms with Crippen LogP contribution < -0.4 is 5.32 Å². The van der Waals surface area contributed by atoms with Gasteiger partial charge in [-0.05, 0) is 25.0 Å². The highest BCUT2D eigenvalue weighted by Crippen LogP contribution is 2.27. The Morgan fingerprint density at radius 3 is 2.43 bits per heavy atom. The molecule has 0 heterocycles. The highest BCUT2D eigenvalue weighted by molar-refractivity contribution is 8.13. The van der Waals surface area contributed by atoms with E-state index in [1.165, 1.54) is 0 Å². The van der Waals surface area contributed by atoms with E-state index in [4.69, 9.17) is 22.3 Å². The molecule has 116 valence electrons. The second kappa shape index (κ2) is 6.50. The van der Waals surface area contributed by atoms with Gasteiger partial charge in [-0.25, -0.2) is 12.8 Å². The number of benzene rings is 1. The van der Waals surface area contributed by atoms with Crippen LogP contribution in [-0.2, 0) is 9.05 Å². The summed E-state index contributed by atoms with van der Waals surface area (Å²) in [5.41, 5.74) is -0.0946. The fourth-order valence-corrected chi connectivity index (χ4v) is 3.54. The highest BCUT2D eigenvalue weighted by Gasteiger charge is 2.23. The maximum Gasteiger partial charge on any atom is 0.264 e. The summed E-state index contributed by atoms with van der Waals surface area (Å²) < 4.78 is 36.1. The van der Waals surface area contributed by atoms with Gasteiger partial charge < -0.3 is 5.32 Å². The first-order valence-electron chi connectivity index (χ1n) is 6.53. The van der Waals surface area contributed by atoms with E-state index in [-0.39, 0.29) is 16.6 Å². The molecule has 1 N–H and O–H groups in total. The molecule has 1 aliphatic rings. The Labute approximate surface area is 132 Å². The van der Waals surface area contributed by atoms with Gasteiger partial charge in [0.05, 0.1) is 10.6 Å². The summed E-state index contributed by atoms with van der Waals surface area (Å²) in [5, 5.41) is 2.64. The normalized spacial score (nSPS) is 16.7. The van der Waals surface area contributed by atoms with Crippen LogP contribution in [0, 0.1) is 5.82 Å². The Hall–Kier alpha value is -0.850. The van der Waals surface area contributed by atoms with E-state index in [1.54, 1.807) is 0 Å². The van der Waals surface area contributed by atoms with Crippen LogP contribution in [0.1, 0.15) is 42.5 Å². The molecule has 8 heteroatoms. The van der Waals surface area contributed by atoms with Crippen molar-refractivity contribution in [1.29, 1.82) is 0 Å². The molecule has 0 spiro atoms. The molecule has 1 saturated carbocycles. The van der Waals surface area contributed by atoms with E-state index in [9.17, 15) is 17.6 Å². The van der Waals surface area contributed by atoms with Crippen molar-refractivity contribution in [2.75, 3.05) is 0 Å². The summed E-state index contributed by atoms with van der Waals surface area (Å²) in [5.74, 6) is -1.60. The van der Waals surface area contributed by atoms with Gasteiger partial charge in [0, 0.05) is 16.7 Å². The van der Waals surface area contributed by atoms with E-state index in [0.717, 1.165) is 44.2 Å². The van der Waals surface area contributed by atoms with Gasteiger partial charge in [-0.2, -0.15) is 0 Å². The summed E-state index contributed by atoms with van der Waals surface area (Å²) in [4.78, 5) is 11.4. The molecule has 4 nitrogen and oxygen atoms in total. The van der Waals surface area contributed by atoms with Crippen molar-refractivity contribution in [2.45, 2.75) is 43.0 Å². The average Bonchev–Trinajstić information content (AvgIpc) is 2.38. The van der Waals surface area contributed by atoms with Crippen LogP contribution in [0.3, 0.4) is 0 Å². The molecule has 1 amide bonds. The lowest BCUT2D eigenvalue weighted by Crippen LogP contribution is -2.36. The summed E-state index contributed by atoms with van der Waals surface area (Å²) in [6, 6.07) is 1.69. The van der Waals surface area contributed by atoms with Gasteiger partial charge >= 0.3 is 0 Å². The maximum absolute atomic E-state index is 13.6. The van der Waals surface area contributed by atoms with Gasteiger partial charge in [0.1, 0.15) is 10.7 Å². The second-order valence-corrected chi connectivity index (χ2v) is 7.95. The summed E-state index contributed by atoms with van der Waals surface area (Å²) in [6.07, 6.45) is 4.93.